The Balaban J connectivity index is 1.83. The van der Waals surface area contributed by atoms with Crippen LogP contribution < -0.4 is 5.73 Å². The molecule has 2 aromatic rings. The van der Waals surface area contributed by atoms with Crippen molar-refractivity contribution in [2.75, 3.05) is 19.7 Å². The van der Waals surface area contributed by atoms with Crippen LogP contribution in [-0.4, -0.2) is 45.3 Å². The van der Waals surface area contributed by atoms with Crippen molar-refractivity contribution in [2.24, 2.45) is 5.73 Å². The Morgan fingerprint density at radius 2 is 2.21 bits per heavy atom. The maximum atomic E-state index is 13.2. The summed E-state index contributed by atoms with van der Waals surface area (Å²) in [5, 5.41) is 8.05. The van der Waals surface area contributed by atoms with Crippen LogP contribution in [0.4, 0.5) is 4.39 Å². The highest BCUT2D eigenvalue weighted by Gasteiger charge is 2.33. The molecule has 0 bridgehead atoms. The number of carbonyl (C=O) groups is 1. The summed E-state index contributed by atoms with van der Waals surface area (Å²) < 4.78 is 20.9. The molecule has 2 heterocycles. The number of aromatic nitrogens is 3. The van der Waals surface area contributed by atoms with Gasteiger partial charge in [-0.25, -0.2) is 4.39 Å². The maximum Gasteiger partial charge on any atom is 0.239 e. The van der Waals surface area contributed by atoms with Crippen molar-refractivity contribution in [3.63, 3.8) is 0 Å². The van der Waals surface area contributed by atoms with E-state index in [0.29, 0.717) is 25.3 Å². The van der Waals surface area contributed by atoms with Crippen LogP contribution in [0.2, 0.25) is 0 Å². The molecular formula is C16H20FN5O2. The Bertz CT molecular complexity index is 703. The number of primary amides is 1. The van der Waals surface area contributed by atoms with Gasteiger partial charge in [-0.3, -0.25) is 9.69 Å². The van der Waals surface area contributed by atoms with Gasteiger partial charge in [0.05, 0.1) is 6.61 Å². The lowest BCUT2D eigenvalue weighted by molar-refractivity contribution is -0.127. The number of morpholine rings is 1. The lowest BCUT2D eigenvalue weighted by Gasteiger charge is -2.36. The minimum absolute atomic E-state index is 0.288. The first-order chi connectivity index (χ1) is 11.6. The number of carbonyl (C=O) groups excluding carboxylic acids is 1. The van der Waals surface area contributed by atoms with E-state index in [1.165, 1.54) is 12.1 Å². The van der Waals surface area contributed by atoms with Crippen LogP contribution in [0, 0.1) is 5.82 Å². The van der Waals surface area contributed by atoms with Crippen molar-refractivity contribution >= 4 is 5.91 Å². The monoisotopic (exact) mass is 333 g/mol. The molecule has 7 nitrogen and oxygen atoms in total. The van der Waals surface area contributed by atoms with Crippen LogP contribution in [0.15, 0.2) is 30.6 Å². The summed E-state index contributed by atoms with van der Waals surface area (Å²) in [6.45, 7) is 4.20. The average Bonchev–Trinajstić information content (AvgIpc) is 3.05. The second kappa shape index (κ2) is 7.06. The third-order valence-electron chi connectivity index (χ3n) is 4.19. The van der Waals surface area contributed by atoms with E-state index in [9.17, 15) is 9.18 Å². The van der Waals surface area contributed by atoms with Crippen LogP contribution in [0.25, 0.3) is 0 Å². The van der Waals surface area contributed by atoms with Crippen molar-refractivity contribution in [3.8, 4) is 0 Å². The van der Waals surface area contributed by atoms with E-state index in [4.69, 9.17) is 10.5 Å². The molecule has 1 saturated heterocycles. The molecule has 1 aromatic heterocycles. The second-order valence-electron chi connectivity index (χ2n) is 5.69. The van der Waals surface area contributed by atoms with Gasteiger partial charge in [-0.1, -0.05) is 12.1 Å². The molecule has 0 aliphatic carbocycles. The molecule has 1 amide bonds. The number of hydrogen-bond acceptors (Lipinski definition) is 5. The van der Waals surface area contributed by atoms with Crippen LogP contribution in [0.3, 0.4) is 0 Å². The standard InChI is InChI=1S/C16H20FN5O2/c1-2-21-10-19-20-16(21)13-9-22(7-8-24-13)14(15(18)23)11-3-5-12(17)6-4-11/h3-6,10,13-14H,2,7-9H2,1H3,(H2,18,23)/t13-,14+/m1/s1. The molecule has 0 unspecified atom stereocenters. The van der Waals surface area contributed by atoms with Crippen LogP contribution >= 0.6 is 0 Å². The van der Waals surface area contributed by atoms with Gasteiger partial charge in [-0.2, -0.15) is 0 Å². The van der Waals surface area contributed by atoms with Crippen LogP contribution in [0.5, 0.6) is 0 Å². The van der Waals surface area contributed by atoms with Crippen molar-refractivity contribution in [1.82, 2.24) is 19.7 Å². The minimum atomic E-state index is -0.630. The van der Waals surface area contributed by atoms with Crippen LogP contribution in [-0.2, 0) is 16.1 Å². The molecule has 2 atom stereocenters. The third kappa shape index (κ3) is 3.29. The highest BCUT2D eigenvalue weighted by atomic mass is 19.1. The summed E-state index contributed by atoms with van der Waals surface area (Å²) in [6, 6.07) is 5.21. The van der Waals surface area contributed by atoms with Gasteiger partial charge in [-0.05, 0) is 24.6 Å². The average molecular weight is 333 g/mol. The predicted molar refractivity (Wildman–Crippen MR) is 84.3 cm³/mol. The first-order valence-electron chi connectivity index (χ1n) is 7.88. The Morgan fingerprint density at radius 1 is 1.46 bits per heavy atom. The van der Waals surface area contributed by atoms with Gasteiger partial charge >= 0.3 is 0 Å². The normalized spacial score (nSPS) is 20.0. The third-order valence-corrected chi connectivity index (χ3v) is 4.19. The van der Waals surface area contributed by atoms with E-state index < -0.39 is 11.9 Å². The number of rotatable bonds is 5. The molecule has 0 spiro atoms. The molecule has 1 aliphatic heterocycles. The van der Waals surface area contributed by atoms with E-state index in [0.717, 1.165) is 12.4 Å². The largest absolute Gasteiger partial charge is 0.368 e. The summed E-state index contributed by atoms with van der Waals surface area (Å²) in [5.74, 6) is -0.0957. The summed E-state index contributed by atoms with van der Waals surface area (Å²) in [7, 11) is 0. The molecular weight excluding hydrogens is 313 g/mol. The first kappa shape index (κ1) is 16.5. The number of aryl methyl sites for hydroxylation is 1. The smallest absolute Gasteiger partial charge is 0.239 e. The second-order valence-corrected chi connectivity index (χ2v) is 5.69. The number of halogens is 1. The summed E-state index contributed by atoms with van der Waals surface area (Å²) >= 11 is 0. The molecule has 8 heteroatoms. The highest BCUT2D eigenvalue weighted by Crippen LogP contribution is 2.28. The lowest BCUT2D eigenvalue weighted by Crippen LogP contribution is -2.45. The molecule has 3 rings (SSSR count). The van der Waals surface area contributed by atoms with Gasteiger partial charge in [0.15, 0.2) is 5.82 Å². The van der Waals surface area contributed by atoms with Gasteiger partial charge in [-0.15, -0.1) is 10.2 Å². The van der Waals surface area contributed by atoms with Crippen LogP contribution in [0.1, 0.15) is 30.5 Å². The molecule has 1 aromatic carbocycles. The quantitative estimate of drug-likeness (QED) is 0.883. The van der Waals surface area contributed by atoms with Crippen molar-refractivity contribution in [3.05, 3.63) is 47.8 Å². The fraction of sp³-hybridized carbons (Fsp3) is 0.438. The highest BCUT2D eigenvalue weighted by molar-refractivity contribution is 5.81. The Labute approximate surface area is 139 Å². The summed E-state index contributed by atoms with van der Waals surface area (Å²) in [5.41, 5.74) is 6.28. The summed E-state index contributed by atoms with van der Waals surface area (Å²) in [6.07, 6.45) is 1.37. The zero-order chi connectivity index (χ0) is 17.1. The van der Waals surface area contributed by atoms with Crippen molar-refractivity contribution < 1.29 is 13.9 Å². The van der Waals surface area contributed by atoms with Gasteiger partial charge in [0.2, 0.25) is 5.91 Å². The van der Waals surface area contributed by atoms with Gasteiger partial charge in [0.25, 0.3) is 0 Å². The number of benzene rings is 1. The minimum Gasteiger partial charge on any atom is -0.368 e. The molecule has 0 saturated carbocycles. The number of nitrogens with two attached hydrogens (primary N) is 1. The molecule has 1 aliphatic rings. The van der Waals surface area contributed by atoms with E-state index >= 15 is 0 Å². The fourth-order valence-corrected chi connectivity index (χ4v) is 3.02. The summed E-state index contributed by atoms with van der Waals surface area (Å²) in [4.78, 5) is 14.0. The number of hydrogen-bond donors (Lipinski definition) is 1. The molecule has 128 valence electrons. The van der Waals surface area contributed by atoms with Crippen molar-refractivity contribution in [2.45, 2.75) is 25.6 Å². The topological polar surface area (TPSA) is 86.3 Å². The fourth-order valence-electron chi connectivity index (χ4n) is 3.02. The van der Waals surface area contributed by atoms with E-state index in [-0.39, 0.29) is 11.9 Å². The molecule has 0 radical (unpaired) electrons. The van der Waals surface area contributed by atoms with E-state index in [2.05, 4.69) is 10.2 Å². The van der Waals surface area contributed by atoms with Gasteiger partial charge in [0.1, 0.15) is 24.3 Å². The van der Waals surface area contributed by atoms with Crippen molar-refractivity contribution in [1.29, 1.82) is 0 Å². The SMILES string of the molecule is CCn1cnnc1[C@H]1CN([C@H](C(N)=O)c2ccc(F)cc2)CCO1. The van der Waals surface area contributed by atoms with Gasteiger partial charge < -0.3 is 15.0 Å². The first-order valence-corrected chi connectivity index (χ1v) is 7.88. The lowest BCUT2D eigenvalue weighted by atomic mass is 10.0. The number of amides is 1. The molecule has 24 heavy (non-hydrogen) atoms. The number of nitrogens with zero attached hydrogens (tertiary/aromatic N) is 4. The zero-order valence-corrected chi connectivity index (χ0v) is 13.4. The van der Waals surface area contributed by atoms with E-state index in [1.54, 1.807) is 18.5 Å². The van der Waals surface area contributed by atoms with Gasteiger partial charge in [0, 0.05) is 19.6 Å². The molecule has 2 N–H and O–H groups in total. The van der Waals surface area contributed by atoms with E-state index in [1.807, 2.05) is 16.4 Å². The number of ether oxygens (including phenoxy) is 1. The Morgan fingerprint density at radius 3 is 2.88 bits per heavy atom. The maximum absolute atomic E-state index is 13.2. The Kier molecular flexibility index (Phi) is 4.86. The predicted octanol–water partition coefficient (Wildman–Crippen LogP) is 1.04. The Hall–Kier alpha value is -2.32. The zero-order valence-electron chi connectivity index (χ0n) is 13.4. The molecule has 1 fully saturated rings.